The second-order valence-electron chi connectivity index (χ2n) is 5.51. The molecule has 0 aliphatic heterocycles. The number of allylic oxidation sites excluding steroid dienone is 3. The topological polar surface area (TPSA) is 55.4 Å². The minimum absolute atomic E-state index is 0.427. The van der Waals surface area contributed by atoms with Crippen molar-refractivity contribution in [3.05, 3.63) is 23.4 Å². The lowest BCUT2D eigenvalue weighted by molar-refractivity contribution is -0.114. The Labute approximate surface area is 144 Å². The fourth-order valence-electron chi connectivity index (χ4n) is 2.87. The molecule has 0 saturated heterocycles. The van der Waals surface area contributed by atoms with Crippen molar-refractivity contribution in [3.8, 4) is 0 Å². The van der Waals surface area contributed by atoms with Gasteiger partial charge in [-0.2, -0.15) is 0 Å². The quantitative estimate of drug-likeness (QED) is 0.508. The van der Waals surface area contributed by atoms with Crippen molar-refractivity contribution in [2.45, 2.75) is 74.7 Å². The maximum absolute atomic E-state index is 10.7. The Hall–Kier alpha value is -1.38. The summed E-state index contributed by atoms with van der Waals surface area (Å²) in [5.41, 5.74) is 6.34. The van der Waals surface area contributed by atoms with Gasteiger partial charge in [-0.1, -0.05) is 66.0 Å². The molecule has 0 atom stereocenters. The summed E-state index contributed by atoms with van der Waals surface area (Å²) in [6.07, 6.45) is 9.20. The Morgan fingerprint density at radius 3 is 1.57 bits per heavy atom. The van der Waals surface area contributed by atoms with Crippen molar-refractivity contribution >= 4 is 12.1 Å². The molecule has 0 aromatic carbocycles. The number of nitrogens with two attached hydrogens (primary N) is 1. The van der Waals surface area contributed by atoms with Crippen LogP contribution in [0.5, 0.6) is 0 Å². The van der Waals surface area contributed by atoms with Crippen LogP contribution in [0.15, 0.2) is 28.4 Å². The maximum atomic E-state index is 10.7. The smallest absolute Gasteiger partial charge is 0.249 e. The number of hydrogen-bond acceptors (Lipinski definition) is 2. The molecular formula is C20H38N2O. The summed E-state index contributed by atoms with van der Waals surface area (Å²) in [4.78, 5) is 14.7. The maximum Gasteiger partial charge on any atom is 0.249 e. The van der Waals surface area contributed by atoms with E-state index in [2.05, 4.69) is 25.8 Å². The van der Waals surface area contributed by atoms with Crippen molar-refractivity contribution in [1.82, 2.24) is 0 Å². The van der Waals surface area contributed by atoms with E-state index in [1.807, 2.05) is 33.8 Å². The largest absolute Gasteiger partial charge is 0.366 e. The van der Waals surface area contributed by atoms with Crippen molar-refractivity contribution < 1.29 is 4.79 Å². The standard InChI is InChI=1S/C9H14N2O.C9H18.C2H6/c1-4-7(3)11-6-8(5-2)9(10)12;1-4-7-8(5-2)9(7)6-3;1-2/h4-6H,1-3H3,(H2,10,12);7-9H,4-6H2,1-3H3;1-2H3/b7-4?,8-5+,11-6?;;. The van der Waals surface area contributed by atoms with Crippen LogP contribution in [0.4, 0.5) is 0 Å². The summed E-state index contributed by atoms with van der Waals surface area (Å²) in [5.74, 6) is 2.84. The molecule has 134 valence electrons. The van der Waals surface area contributed by atoms with Crippen LogP contribution in [0, 0.1) is 17.8 Å². The molecule has 0 unspecified atom stereocenters. The third kappa shape index (κ3) is 9.37. The molecule has 1 amide bonds. The number of hydrogen-bond donors (Lipinski definition) is 1. The van der Waals surface area contributed by atoms with Crippen molar-refractivity contribution in [2.24, 2.45) is 28.5 Å². The molecule has 0 radical (unpaired) electrons. The lowest BCUT2D eigenvalue weighted by Crippen LogP contribution is -2.14. The van der Waals surface area contributed by atoms with Crippen molar-refractivity contribution in [3.63, 3.8) is 0 Å². The number of nitrogens with zero attached hydrogens (tertiary/aromatic N) is 1. The SMILES string of the molecule is CC.CC=C(C)N=C/C(=C\C)C(N)=O.CCC1C(CC)C1CC. The Balaban J connectivity index is 0. The van der Waals surface area contributed by atoms with Crippen LogP contribution in [0.1, 0.15) is 74.7 Å². The molecule has 1 fully saturated rings. The van der Waals surface area contributed by atoms with Crippen LogP contribution in [0.25, 0.3) is 0 Å². The second kappa shape index (κ2) is 14.2. The van der Waals surface area contributed by atoms with Crippen LogP contribution in [0.2, 0.25) is 0 Å². The predicted molar refractivity (Wildman–Crippen MR) is 104 cm³/mol. The highest BCUT2D eigenvalue weighted by atomic mass is 16.1. The monoisotopic (exact) mass is 322 g/mol. The summed E-state index contributed by atoms with van der Waals surface area (Å²) >= 11 is 0. The van der Waals surface area contributed by atoms with E-state index in [-0.39, 0.29) is 0 Å². The van der Waals surface area contributed by atoms with E-state index in [1.54, 1.807) is 13.0 Å². The van der Waals surface area contributed by atoms with Crippen molar-refractivity contribution in [2.75, 3.05) is 0 Å². The molecule has 1 aliphatic rings. The van der Waals surface area contributed by atoms with E-state index in [1.165, 1.54) is 25.5 Å². The molecule has 3 heteroatoms. The van der Waals surface area contributed by atoms with E-state index in [9.17, 15) is 4.79 Å². The normalized spacial score (nSPS) is 23.6. The van der Waals surface area contributed by atoms with E-state index in [4.69, 9.17) is 5.73 Å². The zero-order valence-electron chi connectivity index (χ0n) is 16.5. The molecular weight excluding hydrogens is 284 g/mol. The van der Waals surface area contributed by atoms with Gasteiger partial charge in [-0.25, -0.2) is 0 Å². The Morgan fingerprint density at radius 1 is 0.957 bits per heavy atom. The first-order chi connectivity index (χ1) is 11.0. The van der Waals surface area contributed by atoms with Gasteiger partial charge in [0.25, 0.3) is 0 Å². The Kier molecular flexibility index (Phi) is 14.8. The van der Waals surface area contributed by atoms with Crippen LogP contribution in [-0.4, -0.2) is 12.1 Å². The van der Waals surface area contributed by atoms with Crippen LogP contribution in [-0.2, 0) is 4.79 Å². The van der Waals surface area contributed by atoms with Gasteiger partial charge in [0.2, 0.25) is 5.91 Å². The molecule has 3 nitrogen and oxygen atoms in total. The zero-order valence-corrected chi connectivity index (χ0v) is 16.5. The first-order valence-electron chi connectivity index (χ1n) is 9.09. The predicted octanol–water partition coefficient (Wildman–Crippen LogP) is 5.52. The van der Waals surface area contributed by atoms with Gasteiger partial charge in [0, 0.05) is 11.9 Å². The van der Waals surface area contributed by atoms with Gasteiger partial charge in [-0.05, 0) is 38.5 Å². The highest BCUT2D eigenvalue weighted by Crippen LogP contribution is 2.52. The average molecular weight is 323 g/mol. The molecule has 0 heterocycles. The van der Waals surface area contributed by atoms with Gasteiger partial charge in [0.1, 0.15) is 0 Å². The Morgan fingerprint density at radius 2 is 1.35 bits per heavy atom. The summed E-state index contributed by atoms with van der Waals surface area (Å²) < 4.78 is 0. The van der Waals surface area contributed by atoms with Gasteiger partial charge in [0.05, 0.1) is 5.57 Å². The fourth-order valence-corrected chi connectivity index (χ4v) is 2.87. The molecule has 1 rings (SSSR count). The van der Waals surface area contributed by atoms with Gasteiger partial charge >= 0.3 is 0 Å². The van der Waals surface area contributed by atoms with Gasteiger partial charge < -0.3 is 5.73 Å². The summed E-state index contributed by atoms with van der Waals surface area (Å²) in [5, 5.41) is 0. The summed E-state index contributed by atoms with van der Waals surface area (Å²) in [6, 6.07) is 0. The lowest BCUT2D eigenvalue weighted by Gasteiger charge is -1.92. The minimum Gasteiger partial charge on any atom is -0.366 e. The number of carbonyl (C=O) groups is 1. The van der Waals surface area contributed by atoms with Gasteiger partial charge in [-0.3, -0.25) is 9.79 Å². The van der Waals surface area contributed by atoms with Crippen LogP contribution < -0.4 is 5.73 Å². The lowest BCUT2D eigenvalue weighted by atomic mass is 10.2. The third-order valence-electron chi connectivity index (χ3n) is 4.34. The van der Waals surface area contributed by atoms with E-state index >= 15 is 0 Å². The molecule has 23 heavy (non-hydrogen) atoms. The molecule has 2 N–H and O–H groups in total. The molecule has 0 bridgehead atoms. The first kappa shape index (κ1) is 23.9. The highest BCUT2D eigenvalue weighted by molar-refractivity contribution is 6.11. The summed E-state index contributed by atoms with van der Waals surface area (Å²) in [7, 11) is 0. The average Bonchev–Trinajstić information content (AvgIpc) is 3.29. The molecule has 1 aliphatic carbocycles. The number of primary amides is 1. The molecule has 0 aromatic heterocycles. The first-order valence-corrected chi connectivity index (χ1v) is 9.09. The third-order valence-corrected chi connectivity index (χ3v) is 4.34. The summed E-state index contributed by atoms with van der Waals surface area (Å²) in [6.45, 7) is 16.4. The van der Waals surface area contributed by atoms with Crippen LogP contribution in [0.3, 0.4) is 0 Å². The van der Waals surface area contributed by atoms with E-state index < -0.39 is 5.91 Å². The highest BCUT2D eigenvalue weighted by Gasteiger charge is 2.44. The van der Waals surface area contributed by atoms with Gasteiger partial charge in [-0.15, -0.1) is 0 Å². The van der Waals surface area contributed by atoms with Gasteiger partial charge in [0.15, 0.2) is 0 Å². The number of rotatable bonds is 6. The number of amides is 1. The zero-order chi connectivity index (χ0) is 18.4. The number of aliphatic imine (C=N–C) groups is 1. The number of carbonyl (C=O) groups excluding carboxylic acids is 1. The fraction of sp³-hybridized carbons (Fsp3) is 0.700. The van der Waals surface area contributed by atoms with Crippen LogP contribution >= 0.6 is 0 Å². The van der Waals surface area contributed by atoms with E-state index in [0.717, 1.165) is 23.5 Å². The minimum atomic E-state index is -0.454. The molecule has 0 aromatic rings. The Bertz CT molecular complexity index is 383. The van der Waals surface area contributed by atoms with Crippen molar-refractivity contribution in [1.29, 1.82) is 0 Å². The molecule has 0 spiro atoms. The second-order valence-corrected chi connectivity index (χ2v) is 5.51. The molecule has 1 saturated carbocycles. The van der Waals surface area contributed by atoms with E-state index in [0.29, 0.717) is 5.57 Å².